The summed E-state index contributed by atoms with van der Waals surface area (Å²) in [6.45, 7) is 9.45. The lowest BCUT2D eigenvalue weighted by Gasteiger charge is -2.45. The van der Waals surface area contributed by atoms with Crippen LogP contribution in [0.15, 0.2) is 0 Å². The average Bonchev–Trinajstić information content (AvgIpc) is 3.06. The molecular weight excluding hydrogens is 238 g/mol. The maximum atomic E-state index is 12.7. The molecule has 2 heterocycles. The summed E-state index contributed by atoms with van der Waals surface area (Å²) in [5.74, 6) is 0.761. The fraction of sp³-hybridized carbons (Fsp3) is 0.933. The van der Waals surface area contributed by atoms with Gasteiger partial charge in [0.15, 0.2) is 0 Å². The van der Waals surface area contributed by atoms with Crippen LogP contribution in [-0.4, -0.2) is 61.0 Å². The van der Waals surface area contributed by atoms with Crippen LogP contribution in [0.3, 0.4) is 0 Å². The number of likely N-dealkylation sites (N-methyl/N-ethyl adjacent to an activating group) is 1. The summed E-state index contributed by atoms with van der Waals surface area (Å²) in [5, 5.41) is 3.41. The molecule has 4 nitrogen and oxygen atoms in total. The van der Waals surface area contributed by atoms with Crippen LogP contribution in [0.4, 0.5) is 0 Å². The van der Waals surface area contributed by atoms with E-state index in [9.17, 15) is 4.79 Å². The van der Waals surface area contributed by atoms with Crippen molar-refractivity contribution in [2.75, 3.05) is 39.8 Å². The zero-order valence-corrected chi connectivity index (χ0v) is 12.5. The molecule has 2 aliphatic heterocycles. The molecule has 0 bridgehead atoms. The zero-order valence-electron chi connectivity index (χ0n) is 12.5. The fourth-order valence-corrected chi connectivity index (χ4v) is 3.82. The lowest BCUT2D eigenvalue weighted by atomic mass is 9.91. The maximum Gasteiger partial charge on any atom is 0.226 e. The molecule has 2 saturated heterocycles. The van der Waals surface area contributed by atoms with Gasteiger partial charge in [-0.25, -0.2) is 0 Å². The van der Waals surface area contributed by atoms with E-state index in [2.05, 4.69) is 36.0 Å². The van der Waals surface area contributed by atoms with Crippen LogP contribution in [0.1, 0.15) is 33.1 Å². The van der Waals surface area contributed by atoms with Crippen molar-refractivity contribution < 1.29 is 4.79 Å². The second kappa shape index (κ2) is 4.45. The Labute approximate surface area is 116 Å². The summed E-state index contributed by atoms with van der Waals surface area (Å²) >= 11 is 0. The second-order valence-corrected chi connectivity index (χ2v) is 7.36. The van der Waals surface area contributed by atoms with Crippen LogP contribution in [0, 0.1) is 11.3 Å². The molecule has 108 valence electrons. The van der Waals surface area contributed by atoms with Crippen LogP contribution in [0.5, 0.6) is 0 Å². The van der Waals surface area contributed by atoms with Gasteiger partial charge in [0.1, 0.15) is 0 Å². The number of carbonyl (C=O) groups excluding carboxylic acids is 1. The lowest BCUT2D eigenvalue weighted by Crippen LogP contribution is -2.59. The van der Waals surface area contributed by atoms with Crippen LogP contribution < -0.4 is 5.32 Å². The van der Waals surface area contributed by atoms with E-state index in [1.807, 2.05) is 0 Å². The number of piperazine rings is 1. The van der Waals surface area contributed by atoms with E-state index < -0.39 is 0 Å². The third-order valence-corrected chi connectivity index (χ3v) is 5.72. The third-order valence-electron chi connectivity index (χ3n) is 5.72. The molecular formula is C15H27N3O. The smallest absolute Gasteiger partial charge is 0.226 e. The van der Waals surface area contributed by atoms with Gasteiger partial charge < -0.3 is 10.2 Å². The van der Waals surface area contributed by atoms with E-state index in [4.69, 9.17) is 0 Å². The number of nitrogens with one attached hydrogen (secondary N) is 1. The van der Waals surface area contributed by atoms with Crippen LogP contribution in [-0.2, 0) is 4.79 Å². The summed E-state index contributed by atoms with van der Waals surface area (Å²) in [5.41, 5.74) is 0.486. The molecule has 1 atom stereocenters. The van der Waals surface area contributed by atoms with Gasteiger partial charge in [0.25, 0.3) is 0 Å². The Morgan fingerprint density at radius 3 is 2.53 bits per heavy atom. The molecule has 3 fully saturated rings. The maximum absolute atomic E-state index is 12.7. The highest BCUT2D eigenvalue weighted by Crippen LogP contribution is 2.59. The summed E-state index contributed by atoms with van der Waals surface area (Å²) in [6.07, 6.45) is 3.53. The molecule has 3 aliphatic rings. The minimum atomic E-state index is 0.115. The molecule has 19 heavy (non-hydrogen) atoms. The number of carbonyl (C=O) groups is 1. The quantitative estimate of drug-likeness (QED) is 0.766. The molecule has 1 amide bonds. The van der Waals surface area contributed by atoms with Crippen LogP contribution >= 0.6 is 0 Å². The molecule has 0 aromatic carbocycles. The highest BCUT2D eigenvalue weighted by molar-refractivity contribution is 5.83. The van der Waals surface area contributed by atoms with E-state index >= 15 is 0 Å². The van der Waals surface area contributed by atoms with Gasteiger partial charge in [0.05, 0.1) is 0 Å². The molecule has 3 rings (SSSR count). The van der Waals surface area contributed by atoms with Crippen molar-refractivity contribution in [1.29, 1.82) is 0 Å². The van der Waals surface area contributed by atoms with E-state index in [1.54, 1.807) is 0 Å². The number of amides is 1. The predicted molar refractivity (Wildman–Crippen MR) is 75.9 cm³/mol. The molecule has 1 N–H and O–H groups in total. The van der Waals surface area contributed by atoms with Crippen LogP contribution in [0.25, 0.3) is 0 Å². The summed E-state index contributed by atoms with van der Waals surface area (Å²) in [7, 11) is 2.16. The molecule has 1 unspecified atom stereocenters. The minimum absolute atomic E-state index is 0.115. The van der Waals surface area contributed by atoms with Crippen molar-refractivity contribution in [3.05, 3.63) is 0 Å². The second-order valence-electron chi connectivity index (χ2n) is 7.36. The molecule has 4 heteroatoms. The third kappa shape index (κ3) is 2.29. The number of piperidine rings is 1. The topological polar surface area (TPSA) is 35.6 Å². The molecule has 1 saturated carbocycles. The highest BCUT2D eigenvalue weighted by Gasteiger charge is 2.58. The first-order valence-corrected chi connectivity index (χ1v) is 7.65. The Bertz CT molecular complexity index is 374. The van der Waals surface area contributed by atoms with Gasteiger partial charge in [-0.05, 0) is 58.7 Å². The van der Waals surface area contributed by atoms with Gasteiger partial charge in [-0.2, -0.15) is 0 Å². The van der Waals surface area contributed by atoms with Gasteiger partial charge in [-0.1, -0.05) is 0 Å². The summed E-state index contributed by atoms with van der Waals surface area (Å²) in [4.78, 5) is 17.2. The van der Waals surface area contributed by atoms with E-state index in [1.165, 1.54) is 12.8 Å². The Hall–Kier alpha value is -0.610. The molecule has 0 radical (unpaired) electrons. The van der Waals surface area contributed by atoms with E-state index in [0.717, 1.165) is 39.1 Å². The standard InChI is InChI=1S/C15H27N3O/c1-14(2)11-18(9-8-17(14)3)13(19)12-10-15(12)4-6-16-7-5-15/h12,16H,4-11H2,1-3H3. The van der Waals surface area contributed by atoms with Crippen molar-refractivity contribution in [3.8, 4) is 0 Å². The van der Waals surface area contributed by atoms with Gasteiger partial charge in [0, 0.05) is 31.1 Å². The fourth-order valence-electron chi connectivity index (χ4n) is 3.82. The first-order chi connectivity index (χ1) is 8.95. The van der Waals surface area contributed by atoms with Gasteiger partial charge in [-0.3, -0.25) is 9.69 Å². The first-order valence-electron chi connectivity index (χ1n) is 7.65. The predicted octanol–water partition coefficient (Wildman–Crippen LogP) is 0.929. The van der Waals surface area contributed by atoms with Crippen molar-refractivity contribution >= 4 is 5.91 Å². The first kappa shape index (κ1) is 13.4. The highest BCUT2D eigenvalue weighted by atomic mass is 16.2. The molecule has 0 aromatic rings. The molecule has 1 aliphatic carbocycles. The average molecular weight is 265 g/mol. The Morgan fingerprint density at radius 2 is 1.89 bits per heavy atom. The Morgan fingerprint density at radius 1 is 1.21 bits per heavy atom. The lowest BCUT2D eigenvalue weighted by molar-refractivity contribution is -0.138. The number of hydrogen-bond donors (Lipinski definition) is 1. The minimum Gasteiger partial charge on any atom is -0.339 e. The SMILES string of the molecule is CN1CCN(C(=O)C2CC23CCNCC3)CC1(C)C. The Balaban J connectivity index is 1.63. The normalized spacial score (nSPS) is 33.4. The van der Waals surface area contributed by atoms with Crippen molar-refractivity contribution in [3.63, 3.8) is 0 Å². The number of hydrogen-bond acceptors (Lipinski definition) is 3. The van der Waals surface area contributed by atoms with Crippen molar-refractivity contribution in [2.45, 2.75) is 38.6 Å². The molecule has 1 spiro atoms. The largest absolute Gasteiger partial charge is 0.339 e. The summed E-state index contributed by atoms with van der Waals surface area (Å²) < 4.78 is 0. The zero-order chi connectivity index (χ0) is 13.7. The number of rotatable bonds is 1. The summed E-state index contributed by atoms with van der Waals surface area (Å²) in [6, 6.07) is 0. The molecule has 0 aromatic heterocycles. The van der Waals surface area contributed by atoms with Crippen LogP contribution in [0.2, 0.25) is 0 Å². The van der Waals surface area contributed by atoms with Crippen molar-refractivity contribution in [2.24, 2.45) is 11.3 Å². The number of nitrogens with zero attached hydrogens (tertiary/aromatic N) is 2. The van der Waals surface area contributed by atoms with Gasteiger partial charge >= 0.3 is 0 Å². The van der Waals surface area contributed by atoms with Crippen molar-refractivity contribution in [1.82, 2.24) is 15.1 Å². The van der Waals surface area contributed by atoms with E-state index in [-0.39, 0.29) is 5.54 Å². The monoisotopic (exact) mass is 265 g/mol. The van der Waals surface area contributed by atoms with Gasteiger partial charge in [0.2, 0.25) is 5.91 Å². The van der Waals surface area contributed by atoms with E-state index in [0.29, 0.717) is 17.2 Å². The Kier molecular flexibility index (Phi) is 3.13. The van der Waals surface area contributed by atoms with Gasteiger partial charge in [-0.15, -0.1) is 0 Å².